The average Bonchev–Trinajstić information content (AvgIpc) is 2.36. The Morgan fingerprint density at radius 3 is 2.59 bits per heavy atom. The Hall–Kier alpha value is -0.770. The molecule has 0 aromatic heterocycles. The van der Waals surface area contributed by atoms with Crippen molar-refractivity contribution in [3.8, 4) is 0 Å². The molecule has 2 amide bonds. The molecular weight excluding hydrogens is 214 g/mol. The highest BCUT2D eigenvalue weighted by atomic mass is 16.2. The molecule has 0 aromatic rings. The maximum Gasteiger partial charge on any atom is 0.315 e. The van der Waals surface area contributed by atoms with Gasteiger partial charge < -0.3 is 16.4 Å². The molecule has 1 aliphatic rings. The Kier molecular flexibility index (Phi) is 6.34. The molecule has 0 aromatic carbocycles. The van der Waals surface area contributed by atoms with Gasteiger partial charge in [0.2, 0.25) is 0 Å². The molecule has 0 spiro atoms. The van der Waals surface area contributed by atoms with Crippen molar-refractivity contribution in [2.24, 2.45) is 11.7 Å². The van der Waals surface area contributed by atoms with Crippen molar-refractivity contribution >= 4 is 6.03 Å². The zero-order valence-electron chi connectivity index (χ0n) is 11.2. The van der Waals surface area contributed by atoms with Crippen LogP contribution >= 0.6 is 0 Å². The third-order valence-corrected chi connectivity index (χ3v) is 3.81. The first-order chi connectivity index (χ1) is 8.13. The van der Waals surface area contributed by atoms with Gasteiger partial charge in [-0.3, -0.25) is 0 Å². The smallest absolute Gasteiger partial charge is 0.315 e. The molecule has 0 saturated heterocycles. The maximum absolute atomic E-state index is 11.6. The summed E-state index contributed by atoms with van der Waals surface area (Å²) in [6.45, 7) is 4.80. The third-order valence-electron chi connectivity index (χ3n) is 3.81. The van der Waals surface area contributed by atoms with Crippen LogP contribution in [0, 0.1) is 5.92 Å². The lowest BCUT2D eigenvalue weighted by Gasteiger charge is -2.24. The van der Waals surface area contributed by atoms with Crippen LogP contribution < -0.4 is 16.4 Å². The van der Waals surface area contributed by atoms with Crippen molar-refractivity contribution in [1.82, 2.24) is 10.6 Å². The second-order valence-electron chi connectivity index (χ2n) is 5.24. The van der Waals surface area contributed by atoms with E-state index in [9.17, 15) is 4.79 Å². The van der Waals surface area contributed by atoms with E-state index < -0.39 is 0 Å². The molecule has 0 heterocycles. The minimum atomic E-state index is -0.0596. The molecule has 1 fully saturated rings. The third kappa shape index (κ3) is 5.39. The Morgan fingerprint density at radius 1 is 1.35 bits per heavy atom. The van der Waals surface area contributed by atoms with Gasteiger partial charge in [-0.25, -0.2) is 4.79 Å². The van der Waals surface area contributed by atoms with Gasteiger partial charge in [-0.2, -0.15) is 0 Å². The lowest BCUT2D eigenvalue weighted by atomic mass is 9.96. The van der Waals surface area contributed by atoms with Crippen molar-refractivity contribution in [2.75, 3.05) is 6.54 Å². The average molecular weight is 241 g/mol. The monoisotopic (exact) mass is 241 g/mol. The van der Waals surface area contributed by atoms with Crippen LogP contribution in [-0.4, -0.2) is 24.7 Å². The number of nitrogens with one attached hydrogen (secondary N) is 2. The minimum absolute atomic E-state index is 0.0529. The van der Waals surface area contributed by atoms with Gasteiger partial charge in [-0.1, -0.05) is 39.5 Å². The second kappa shape index (κ2) is 7.54. The summed E-state index contributed by atoms with van der Waals surface area (Å²) in [6.07, 6.45) is 7.05. The molecule has 1 rings (SSSR count). The van der Waals surface area contributed by atoms with Crippen molar-refractivity contribution in [3.05, 3.63) is 0 Å². The van der Waals surface area contributed by atoms with Crippen LogP contribution in [0.1, 0.15) is 52.4 Å². The van der Waals surface area contributed by atoms with E-state index in [0.717, 1.165) is 19.3 Å². The molecule has 4 heteroatoms. The predicted molar refractivity (Wildman–Crippen MR) is 70.8 cm³/mol. The predicted octanol–water partition coefficient (Wildman–Crippen LogP) is 1.99. The second-order valence-corrected chi connectivity index (χ2v) is 5.24. The van der Waals surface area contributed by atoms with Gasteiger partial charge in [0.25, 0.3) is 0 Å². The molecule has 17 heavy (non-hydrogen) atoms. The van der Waals surface area contributed by atoms with Crippen LogP contribution in [0.3, 0.4) is 0 Å². The van der Waals surface area contributed by atoms with Crippen molar-refractivity contribution in [1.29, 1.82) is 0 Å². The van der Waals surface area contributed by atoms with Gasteiger partial charge in [-0.15, -0.1) is 0 Å². The molecular formula is C13H27N3O. The number of nitrogens with two attached hydrogens (primary N) is 1. The molecule has 4 N–H and O–H groups in total. The number of hydrogen-bond acceptors (Lipinski definition) is 2. The summed E-state index contributed by atoms with van der Waals surface area (Å²) >= 11 is 0. The lowest BCUT2D eigenvalue weighted by Crippen LogP contribution is -2.48. The Bertz CT molecular complexity index is 227. The van der Waals surface area contributed by atoms with Crippen LogP contribution in [0.25, 0.3) is 0 Å². The highest BCUT2D eigenvalue weighted by molar-refractivity contribution is 5.74. The fourth-order valence-corrected chi connectivity index (χ4v) is 2.20. The van der Waals surface area contributed by atoms with E-state index in [2.05, 4.69) is 24.5 Å². The number of carbonyl (C=O) groups excluding carboxylic acids is 1. The summed E-state index contributed by atoms with van der Waals surface area (Å²) in [4.78, 5) is 11.6. The molecule has 0 aliphatic heterocycles. The normalized spacial score (nSPS) is 20.6. The first kappa shape index (κ1) is 14.3. The molecule has 1 aliphatic carbocycles. The van der Waals surface area contributed by atoms with Gasteiger partial charge in [0.1, 0.15) is 0 Å². The molecule has 0 bridgehead atoms. The summed E-state index contributed by atoms with van der Waals surface area (Å²) in [7, 11) is 0. The molecule has 1 saturated carbocycles. The zero-order valence-corrected chi connectivity index (χ0v) is 11.2. The Morgan fingerprint density at radius 2 is 2.00 bits per heavy atom. The molecule has 2 atom stereocenters. The maximum atomic E-state index is 11.6. The van der Waals surface area contributed by atoms with E-state index in [1.54, 1.807) is 0 Å². The molecule has 100 valence electrons. The van der Waals surface area contributed by atoms with Crippen LogP contribution in [-0.2, 0) is 0 Å². The SMILES string of the molecule is CCC(C)C(N)CNC(=O)NC1CCCCC1. The zero-order chi connectivity index (χ0) is 12.7. The van der Waals surface area contributed by atoms with Crippen LogP contribution in [0.5, 0.6) is 0 Å². The lowest BCUT2D eigenvalue weighted by molar-refractivity contribution is 0.231. The summed E-state index contributed by atoms with van der Waals surface area (Å²) in [5, 5.41) is 5.90. The fourth-order valence-electron chi connectivity index (χ4n) is 2.20. The Balaban J connectivity index is 2.16. The van der Waals surface area contributed by atoms with Gasteiger partial charge in [0.05, 0.1) is 0 Å². The highest BCUT2D eigenvalue weighted by Crippen LogP contribution is 2.17. The molecule has 2 unspecified atom stereocenters. The minimum Gasteiger partial charge on any atom is -0.337 e. The largest absolute Gasteiger partial charge is 0.337 e. The highest BCUT2D eigenvalue weighted by Gasteiger charge is 2.16. The fraction of sp³-hybridized carbons (Fsp3) is 0.923. The van der Waals surface area contributed by atoms with Crippen molar-refractivity contribution in [2.45, 2.75) is 64.5 Å². The van der Waals surface area contributed by atoms with Gasteiger partial charge in [-0.05, 0) is 18.8 Å². The van der Waals surface area contributed by atoms with E-state index in [1.165, 1.54) is 19.3 Å². The van der Waals surface area contributed by atoms with E-state index in [-0.39, 0.29) is 12.1 Å². The van der Waals surface area contributed by atoms with Crippen molar-refractivity contribution < 1.29 is 4.79 Å². The number of rotatable bonds is 5. The molecule has 4 nitrogen and oxygen atoms in total. The Labute approximate surface area is 105 Å². The van der Waals surface area contributed by atoms with Gasteiger partial charge in [0, 0.05) is 18.6 Å². The van der Waals surface area contributed by atoms with Crippen LogP contribution in [0.4, 0.5) is 4.79 Å². The number of amides is 2. The van der Waals surface area contributed by atoms with E-state index in [4.69, 9.17) is 5.73 Å². The molecule has 0 radical (unpaired) electrons. The quantitative estimate of drug-likeness (QED) is 0.689. The van der Waals surface area contributed by atoms with Crippen LogP contribution in [0.2, 0.25) is 0 Å². The van der Waals surface area contributed by atoms with Crippen LogP contribution in [0.15, 0.2) is 0 Å². The number of urea groups is 1. The summed E-state index contributed by atoms with van der Waals surface area (Å²) < 4.78 is 0. The van der Waals surface area contributed by atoms with Crippen molar-refractivity contribution in [3.63, 3.8) is 0 Å². The first-order valence-electron chi connectivity index (χ1n) is 6.93. The number of hydrogen-bond donors (Lipinski definition) is 3. The summed E-state index contributed by atoms with van der Waals surface area (Å²) in [5.74, 6) is 0.449. The van der Waals surface area contributed by atoms with Gasteiger partial charge >= 0.3 is 6.03 Å². The number of carbonyl (C=O) groups is 1. The standard InChI is InChI=1S/C13H27N3O/c1-3-10(2)12(14)9-15-13(17)16-11-7-5-4-6-8-11/h10-12H,3-9,14H2,1-2H3,(H2,15,16,17). The topological polar surface area (TPSA) is 67.1 Å². The summed E-state index contributed by atoms with van der Waals surface area (Å²) in [6, 6.07) is 0.358. The summed E-state index contributed by atoms with van der Waals surface area (Å²) in [5.41, 5.74) is 5.97. The van der Waals surface area contributed by atoms with E-state index in [0.29, 0.717) is 18.5 Å². The first-order valence-corrected chi connectivity index (χ1v) is 6.93. The van der Waals surface area contributed by atoms with Gasteiger partial charge in [0.15, 0.2) is 0 Å². The van der Waals surface area contributed by atoms with E-state index >= 15 is 0 Å². The van der Waals surface area contributed by atoms with E-state index in [1.807, 2.05) is 0 Å².